The first kappa shape index (κ1) is 22.6. The molecule has 0 radical (unpaired) electrons. The molecule has 8 heteroatoms. The van der Waals surface area contributed by atoms with Crippen molar-refractivity contribution in [2.75, 3.05) is 37.0 Å². The molecular formula is C27H30N8. The third-order valence-corrected chi connectivity index (χ3v) is 6.22. The van der Waals surface area contributed by atoms with Crippen LogP contribution in [0.25, 0.3) is 16.6 Å². The van der Waals surface area contributed by atoms with Crippen molar-refractivity contribution in [2.24, 2.45) is 7.05 Å². The minimum Gasteiger partial charge on any atom is -0.371 e. The van der Waals surface area contributed by atoms with E-state index >= 15 is 0 Å². The first-order valence-corrected chi connectivity index (χ1v) is 11.8. The van der Waals surface area contributed by atoms with Crippen LogP contribution < -0.4 is 9.80 Å². The lowest BCUT2D eigenvalue weighted by Crippen LogP contribution is -2.26. The second kappa shape index (κ2) is 9.97. The summed E-state index contributed by atoms with van der Waals surface area (Å²) >= 11 is 0. The van der Waals surface area contributed by atoms with Crippen LogP contribution in [0.5, 0.6) is 0 Å². The van der Waals surface area contributed by atoms with Gasteiger partial charge in [0, 0.05) is 76.6 Å². The standard InChI is InChI=1S/C27H30N8/c1-32(26-18-31-35-20-23(10-11-25(26)35)24-17-30-34(3)19-24)12-7-13-33(2)27-28-15-22(16-29-27)14-21-8-5-4-6-9-21/h4-6,8-11,15-20H,7,12-14H2,1-3H3. The molecular weight excluding hydrogens is 436 g/mol. The van der Waals surface area contributed by atoms with Crippen LogP contribution >= 0.6 is 0 Å². The van der Waals surface area contributed by atoms with Gasteiger partial charge in [-0.2, -0.15) is 10.2 Å². The number of hydrogen-bond donors (Lipinski definition) is 0. The number of aromatic nitrogens is 6. The Bertz CT molecular complexity index is 1390. The summed E-state index contributed by atoms with van der Waals surface area (Å²) in [6.45, 7) is 1.77. The van der Waals surface area contributed by atoms with Gasteiger partial charge < -0.3 is 9.80 Å². The molecule has 0 saturated carbocycles. The van der Waals surface area contributed by atoms with Gasteiger partial charge in [-0.3, -0.25) is 4.68 Å². The van der Waals surface area contributed by atoms with Gasteiger partial charge >= 0.3 is 0 Å². The molecule has 0 atom stereocenters. The molecule has 5 aromatic rings. The quantitative estimate of drug-likeness (QED) is 0.326. The molecule has 5 rings (SSSR count). The Hall–Kier alpha value is -4.20. The minimum absolute atomic E-state index is 0.753. The average molecular weight is 467 g/mol. The molecule has 178 valence electrons. The number of fused-ring (bicyclic) bond motifs is 1. The van der Waals surface area contributed by atoms with E-state index in [0.29, 0.717) is 0 Å². The smallest absolute Gasteiger partial charge is 0.224 e. The first-order chi connectivity index (χ1) is 17.1. The maximum absolute atomic E-state index is 4.58. The highest BCUT2D eigenvalue weighted by Gasteiger charge is 2.11. The summed E-state index contributed by atoms with van der Waals surface area (Å²) in [5.41, 5.74) is 6.77. The SMILES string of the molecule is CN(CCCN(C)c1cnn2cc(-c3cnn(C)c3)ccc12)c1ncc(Cc2ccccc2)cn1. The van der Waals surface area contributed by atoms with E-state index in [-0.39, 0.29) is 0 Å². The zero-order valence-corrected chi connectivity index (χ0v) is 20.4. The van der Waals surface area contributed by atoms with Crippen LogP contribution in [0.3, 0.4) is 0 Å². The van der Waals surface area contributed by atoms with Gasteiger partial charge in [-0.05, 0) is 23.6 Å². The molecule has 1 aromatic carbocycles. The Morgan fingerprint density at radius 1 is 0.743 bits per heavy atom. The Morgan fingerprint density at radius 2 is 1.51 bits per heavy atom. The molecule has 0 spiro atoms. The third kappa shape index (κ3) is 5.16. The third-order valence-electron chi connectivity index (χ3n) is 6.22. The highest BCUT2D eigenvalue weighted by atomic mass is 15.3. The van der Waals surface area contributed by atoms with Gasteiger partial charge in [0.25, 0.3) is 0 Å². The highest BCUT2D eigenvalue weighted by Crippen LogP contribution is 2.25. The van der Waals surface area contributed by atoms with E-state index in [1.165, 1.54) is 5.56 Å². The normalized spacial score (nSPS) is 11.2. The van der Waals surface area contributed by atoms with E-state index in [1.54, 1.807) is 0 Å². The fourth-order valence-corrected chi connectivity index (χ4v) is 4.24. The molecule has 4 aromatic heterocycles. The summed E-state index contributed by atoms with van der Waals surface area (Å²) in [4.78, 5) is 13.5. The number of nitrogens with zero attached hydrogens (tertiary/aromatic N) is 8. The van der Waals surface area contributed by atoms with E-state index in [1.807, 2.05) is 60.3 Å². The molecule has 0 saturated heterocycles. The molecule has 0 N–H and O–H groups in total. The molecule has 0 aliphatic heterocycles. The zero-order chi connectivity index (χ0) is 24.2. The topological polar surface area (TPSA) is 67.4 Å². The van der Waals surface area contributed by atoms with Crippen molar-refractivity contribution in [3.8, 4) is 11.1 Å². The van der Waals surface area contributed by atoms with Crippen molar-refractivity contribution in [3.05, 3.63) is 90.8 Å². The maximum atomic E-state index is 4.58. The lowest BCUT2D eigenvalue weighted by atomic mass is 10.1. The van der Waals surface area contributed by atoms with Crippen molar-refractivity contribution in [1.29, 1.82) is 0 Å². The summed E-state index contributed by atoms with van der Waals surface area (Å²) < 4.78 is 3.74. The van der Waals surface area contributed by atoms with Crippen LogP contribution in [0.2, 0.25) is 0 Å². The van der Waals surface area contributed by atoms with Crippen LogP contribution in [-0.2, 0) is 13.5 Å². The van der Waals surface area contributed by atoms with Crippen LogP contribution in [0.4, 0.5) is 11.6 Å². The van der Waals surface area contributed by atoms with Gasteiger partial charge in [0.1, 0.15) is 0 Å². The van der Waals surface area contributed by atoms with E-state index in [0.717, 1.165) is 59.8 Å². The summed E-state index contributed by atoms with van der Waals surface area (Å²) in [7, 11) is 6.08. The van der Waals surface area contributed by atoms with E-state index < -0.39 is 0 Å². The lowest BCUT2D eigenvalue weighted by molar-refractivity contribution is 0.748. The van der Waals surface area contributed by atoms with Crippen molar-refractivity contribution in [2.45, 2.75) is 12.8 Å². The number of rotatable bonds is 9. The van der Waals surface area contributed by atoms with Crippen LogP contribution in [0.1, 0.15) is 17.5 Å². The molecule has 0 fully saturated rings. The zero-order valence-electron chi connectivity index (χ0n) is 20.4. The van der Waals surface area contributed by atoms with Gasteiger partial charge in [0.15, 0.2) is 0 Å². The fourth-order valence-electron chi connectivity index (χ4n) is 4.24. The largest absolute Gasteiger partial charge is 0.371 e. The minimum atomic E-state index is 0.753. The summed E-state index contributed by atoms with van der Waals surface area (Å²) in [5.74, 6) is 0.753. The predicted molar refractivity (Wildman–Crippen MR) is 140 cm³/mol. The van der Waals surface area contributed by atoms with Crippen LogP contribution in [-0.4, -0.2) is 56.5 Å². The molecule has 0 unspecified atom stereocenters. The lowest BCUT2D eigenvalue weighted by Gasteiger charge is -2.21. The van der Waals surface area contributed by atoms with E-state index in [9.17, 15) is 0 Å². The second-order valence-electron chi connectivity index (χ2n) is 8.93. The molecule has 4 heterocycles. The highest BCUT2D eigenvalue weighted by molar-refractivity contribution is 5.75. The molecule has 0 bridgehead atoms. The number of anilines is 2. The van der Waals surface area contributed by atoms with Crippen molar-refractivity contribution in [1.82, 2.24) is 29.4 Å². The first-order valence-electron chi connectivity index (χ1n) is 11.8. The Labute approximate surface area is 205 Å². The summed E-state index contributed by atoms with van der Waals surface area (Å²) in [5, 5.41) is 8.84. The van der Waals surface area contributed by atoms with Gasteiger partial charge in [0.2, 0.25) is 5.95 Å². The molecule has 35 heavy (non-hydrogen) atoms. The summed E-state index contributed by atoms with van der Waals surface area (Å²) in [6.07, 6.45) is 13.5. The number of aryl methyl sites for hydroxylation is 1. The van der Waals surface area contributed by atoms with Gasteiger partial charge in [0.05, 0.1) is 23.6 Å². The number of benzene rings is 1. The van der Waals surface area contributed by atoms with Gasteiger partial charge in [-0.1, -0.05) is 36.4 Å². The number of hydrogen-bond acceptors (Lipinski definition) is 6. The molecule has 8 nitrogen and oxygen atoms in total. The Kier molecular flexibility index (Phi) is 6.43. The van der Waals surface area contributed by atoms with Gasteiger partial charge in [-0.15, -0.1) is 0 Å². The van der Waals surface area contributed by atoms with E-state index in [2.05, 4.69) is 79.6 Å². The van der Waals surface area contributed by atoms with Crippen LogP contribution in [0, 0.1) is 0 Å². The molecule has 0 amide bonds. The van der Waals surface area contributed by atoms with Crippen molar-refractivity contribution in [3.63, 3.8) is 0 Å². The average Bonchev–Trinajstić information content (AvgIpc) is 3.51. The Balaban J connectivity index is 1.16. The molecule has 0 aliphatic carbocycles. The fraction of sp³-hybridized carbons (Fsp3) is 0.259. The predicted octanol–water partition coefficient (Wildman–Crippen LogP) is 4.08. The maximum Gasteiger partial charge on any atom is 0.224 e. The van der Waals surface area contributed by atoms with Crippen molar-refractivity contribution < 1.29 is 0 Å². The molecule has 0 aliphatic rings. The van der Waals surface area contributed by atoms with Crippen molar-refractivity contribution >= 4 is 17.2 Å². The van der Waals surface area contributed by atoms with Gasteiger partial charge in [-0.25, -0.2) is 14.5 Å². The van der Waals surface area contributed by atoms with Crippen LogP contribution in [0.15, 0.2) is 79.6 Å². The summed E-state index contributed by atoms with van der Waals surface area (Å²) in [6, 6.07) is 14.6. The second-order valence-corrected chi connectivity index (χ2v) is 8.93. The monoisotopic (exact) mass is 466 g/mol. The van der Waals surface area contributed by atoms with E-state index in [4.69, 9.17) is 0 Å². The number of pyridine rings is 1. The Morgan fingerprint density at radius 3 is 2.26 bits per heavy atom.